The van der Waals surface area contributed by atoms with Crippen LogP contribution in [0.4, 0.5) is 4.79 Å². The lowest BCUT2D eigenvalue weighted by Crippen LogP contribution is -2.54. The van der Waals surface area contributed by atoms with Gasteiger partial charge < -0.3 is 30.1 Å². The van der Waals surface area contributed by atoms with E-state index in [1.807, 2.05) is 6.92 Å². The van der Waals surface area contributed by atoms with Crippen molar-refractivity contribution in [2.45, 2.75) is 65.6 Å². The lowest BCUT2D eigenvalue weighted by atomic mass is 9.95. The molecule has 0 aliphatic rings. The molecule has 10 heteroatoms. The van der Waals surface area contributed by atoms with Crippen LogP contribution in [0.2, 0.25) is 0 Å². The normalized spacial score (nSPS) is 13.8. The summed E-state index contributed by atoms with van der Waals surface area (Å²) in [6.45, 7) is 10.0. The number of esters is 1. The van der Waals surface area contributed by atoms with Gasteiger partial charge in [0.1, 0.15) is 30.0 Å². The summed E-state index contributed by atoms with van der Waals surface area (Å²) in [5, 5.41) is 15.7. The Morgan fingerprint density at radius 2 is 1.79 bits per heavy atom. The SMILES string of the molecule is CCC(C)C(NC(=O)OC(C)(C)C)C(=O)N(C)C(C(=O)NCC(=O)OC)c1cccc(C)c1O. The standard InChI is InChI=1S/C24H37N3O7/c1-9-14(2)18(26-23(32)34-24(4,5)6)22(31)27(7)19(21(30)25-13-17(28)33-8)16-12-10-11-15(3)20(16)29/h10-12,14,18-19,29H,9,13H2,1-8H3,(H,25,30)(H,26,32). The Balaban J connectivity index is 3.35. The smallest absolute Gasteiger partial charge is 0.408 e. The lowest BCUT2D eigenvalue weighted by molar-refractivity contribution is -0.144. The molecule has 0 aliphatic carbocycles. The molecule has 190 valence electrons. The molecule has 1 rings (SSSR count). The van der Waals surface area contributed by atoms with Crippen molar-refractivity contribution in [2.24, 2.45) is 5.92 Å². The third-order valence-corrected chi connectivity index (χ3v) is 5.33. The zero-order chi connectivity index (χ0) is 26.2. The number of aromatic hydroxyl groups is 1. The van der Waals surface area contributed by atoms with E-state index in [-0.39, 0.29) is 17.2 Å². The molecule has 0 heterocycles. The first-order valence-electron chi connectivity index (χ1n) is 11.1. The summed E-state index contributed by atoms with van der Waals surface area (Å²) in [6.07, 6.45) is -0.195. The molecule has 0 spiro atoms. The number of ether oxygens (including phenoxy) is 2. The zero-order valence-electron chi connectivity index (χ0n) is 21.2. The number of nitrogens with one attached hydrogen (secondary N) is 2. The van der Waals surface area contributed by atoms with Crippen molar-refractivity contribution < 1.29 is 33.8 Å². The average molecular weight is 480 g/mol. The number of carbonyl (C=O) groups excluding carboxylic acids is 4. The topological polar surface area (TPSA) is 134 Å². The number of hydrogen-bond donors (Lipinski definition) is 3. The molecule has 10 nitrogen and oxygen atoms in total. The van der Waals surface area contributed by atoms with Gasteiger partial charge in [-0.2, -0.15) is 0 Å². The highest BCUT2D eigenvalue weighted by Crippen LogP contribution is 2.32. The van der Waals surface area contributed by atoms with E-state index in [4.69, 9.17) is 4.74 Å². The van der Waals surface area contributed by atoms with Gasteiger partial charge in [-0.25, -0.2) is 4.79 Å². The summed E-state index contributed by atoms with van der Waals surface area (Å²) in [4.78, 5) is 51.8. The van der Waals surface area contributed by atoms with Crippen molar-refractivity contribution >= 4 is 23.9 Å². The maximum Gasteiger partial charge on any atom is 0.408 e. The highest BCUT2D eigenvalue weighted by atomic mass is 16.6. The van der Waals surface area contributed by atoms with Crippen LogP contribution in [-0.4, -0.2) is 66.2 Å². The van der Waals surface area contributed by atoms with E-state index in [1.165, 1.54) is 20.2 Å². The van der Waals surface area contributed by atoms with Gasteiger partial charge in [0.25, 0.3) is 0 Å². The van der Waals surface area contributed by atoms with Crippen LogP contribution in [0.5, 0.6) is 5.75 Å². The van der Waals surface area contributed by atoms with Crippen LogP contribution in [0, 0.1) is 12.8 Å². The molecular formula is C24H37N3O7. The molecule has 0 bridgehead atoms. The van der Waals surface area contributed by atoms with Gasteiger partial charge in [-0.15, -0.1) is 0 Å². The first kappa shape index (κ1) is 28.7. The number of hydrogen-bond acceptors (Lipinski definition) is 7. The summed E-state index contributed by atoms with van der Waals surface area (Å²) in [6, 6.07) is 2.56. The number of alkyl carbamates (subject to hydrolysis) is 1. The molecule has 1 aromatic carbocycles. The Kier molecular flexibility index (Phi) is 10.3. The van der Waals surface area contributed by atoms with Crippen LogP contribution in [-0.2, 0) is 23.9 Å². The van der Waals surface area contributed by atoms with Gasteiger partial charge in [0, 0.05) is 12.6 Å². The van der Waals surface area contributed by atoms with E-state index >= 15 is 0 Å². The summed E-state index contributed by atoms with van der Waals surface area (Å²) in [7, 11) is 2.59. The summed E-state index contributed by atoms with van der Waals surface area (Å²) >= 11 is 0. The molecule has 3 unspecified atom stereocenters. The largest absolute Gasteiger partial charge is 0.507 e. The monoisotopic (exact) mass is 479 g/mol. The number of phenols is 1. The molecule has 34 heavy (non-hydrogen) atoms. The molecule has 0 saturated heterocycles. The van der Waals surface area contributed by atoms with E-state index in [9.17, 15) is 24.3 Å². The Morgan fingerprint density at radius 1 is 1.18 bits per heavy atom. The van der Waals surface area contributed by atoms with Crippen LogP contribution in [0.3, 0.4) is 0 Å². The second-order valence-electron chi connectivity index (χ2n) is 9.17. The second-order valence-corrected chi connectivity index (χ2v) is 9.17. The van der Waals surface area contributed by atoms with Crippen molar-refractivity contribution in [3.8, 4) is 5.75 Å². The van der Waals surface area contributed by atoms with E-state index in [1.54, 1.807) is 46.8 Å². The first-order chi connectivity index (χ1) is 15.7. The lowest BCUT2D eigenvalue weighted by Gasteiger charge is -2.33. The number of para-hydroxylation sites is 1. The fourth-order valence-electron chi connectivity index (χ4n) is 3.22. The third kappa shape index (κ3) is 7.93. The number of carbonyl (C=O) groups is 4. The van der Waals surface area contributed by atoms with Crippen LogP contribution < -0.4 is 10.6 Å². The number of likely N-dealkylation sites (N-methyl/N-ethyl adjacent to an activating group) is 1. The number of phenolic OH excluding ortho intramolecular Hbond substituents is 1. The summed E-state index contributed by atoms with van der Waals surface area (Å²) < 4.78 is 9.87. The van der Waals surface area contributed by atoms with Crippen LogP contribution in [0.25, 0.3) is 0 Å². The second kappa shape index (κ2) is 12.2. The van der Waals surface area contributed by atoms with Crippen molar-refractivity contribution in [3.63, 3.8) is 0 Å². The molecule has 3 atom stereocenters. The third-order valence-electron chi connectivity index (χ3n) is 5.33. The van der Waals surface area contributed by atoms with Gasteiger partial charge in [-0.1, -0.05) is 38.5 Å². The molecular weight excluding hydrogens is 442 g/mol. The van der Waals surface area contributed by atoms with Gasteiger partial charge in [0.05, 0.1) is 7.11 Å². The predicted octanol–water partition coefficient (Wildman–Crippen LogP) is 2.43. The summed E-state index contributed by atoms with van der Waals surface area (Å²) in [5.41, 5.74) is -0.0734. The molecule has 0 fully saturated rings. The van der Waals surface area contributed by atoms with Gasteiger partial charge in [-0.05, 0) is 39.2 Å². The average Bonchev–Trinajstić information content (AvgIpc) is 2.76. The van der Waals surface area contributed by atoms with Crippen molar-refractivity contribution in [1.29, 1.82) is 0 Å². The van der Waals surface area contributed by atoms with Gasteiger partial charge in [-0.3, -0.25) is 14.4 Å². The van der Waals surface area contributed by atoms with Gasteiger partial charge >= 0.3 is 12.1 Å². The molecule has 0 radical (unpaired) electrons. The molecule has 0 aliphatic heterocycles. The summed E-state index contributed by atoms with van der Waals surface area (Å²) in [5.74, 6) is -2.35. The van der Waals surface area contributed by atoms with E-state index in [0.717, 1.165) is 4.90 Å². The van der Waals surface area contributed by atoms with E-state index in [2.05, 4.69) is 15.4 Å². The number of nitrogens with zero attached hydrogens (tertiary/aromatic N) is 1. The minimum atomic E-state index is -1.27. The fourth-order valence-corrected chi connectivity index (χ4v) is 3.22. The van der Waals surface area contributed by atoms with Crippen molar-refractivity contribution in [2.75, 3.05) is 20.7 Å². The Labute approximate surface area is 201 Å². The van der Waals surface area contributed by atoms with Crippen LogP contribution >= 0.6 is 0 Å². The number of aryl methyl sites for hydroxylation is 1. The van der Waals surface area contributed by atoms with Gasteiger partial charge in [0.2, 0.25) is 11.8 Å². The quantitative estimate of drug-likeness (QED) is 0.463. The Hall–Kier alpha value is -3.30. The van der Waals surface area contributed by atoms with Crippen LogP contribution in [0.15, 0.2) is 18.2 Å². The Morgan fingerprint density at radius 3 is 2.32 bits per heavy atom. The molecule has 0 saturated carbocycles. The van der Waals surface area contributed by atoms with Gasteiger partial charge in [0.15, 0.2) is 0 Å². The van der Waals surface area contributed by atoms with E-state index < -0.39 is 48.1 Å². The maximum absolute atomic E-state index is 13.6. The number of amides is 3. The first-order valence-corrected chi connectivity index (χ1v) is 11.1. The zero-order valence-corrected chi connectivity index (χ0v) is 21.2. The molecule has 3 N–H and O–H groups in total. The fraction of sp³-hybridized carbons (Fsp3) is 0.583. The number of benzene rings is 1. The van der Waals surface area contributed by atoms with Crippen LogP contribution in [0.1, 0.15) is 58.2 Å². The highest BCUT2D eigenvalue weighted by Gasteiger charge is 2.37. The molecule has 3 amide bonds. The van der Waals surface area contributed by atoms with Crippen molar-refractivity contribution in [1.82, 2.24) is 15.5 Å². The van der Waals surface area contributed by atoms with E-state index in [0.29, 0.717) is 12.0 Å². The van der Waals surface area contributed by atoms with Crippen molar-refractivity contribution in [3.05, 3.63) is 29.3 Å². The maximum atomic E-state index is 13.6. The number of rotatable bonds is 9. The molecule has 0 aromatic heterocycles. The predicted molar refractivity (Wildman–Crippen MR) is 126 cm³/mol. The Bertz CT molecular complexity index is 895. The minimum absolute atomic E-state index is 0.152. The highest BCUT2D eigenvalue weighted by molar-refractivity contribution is 5.93. The molecule has 1 aromatic rings. The minimum Gasteiger partial charge on any atom is -0.507 e. The number of methoxy groups -OCH3 is 1.